The van der Waals surface area contributed by atoms with Crippen LogP contribution in [0.1, 0.15) is 33.1 Å². The minimum absolute atomic E-state index is 0.214. The highest BCUT2D eigenvalue weighted by Crippen LogP contribution is 2.19. The minimum atomic E-state index is -0.588. The minimum Gasteiger partial charge on any atom is -0.468 e. The van der Waals surface area contributed by atoms with E-state index in [0.717, 1.165) is 25.0 Å². The largest absolute Gasteiger partial charge is 0.468 e. The molecule has 2 N–H and O–H groups in total. The highest BCUT2D eigenvalue weighted by molar-refractivity contribution is 7.99. The maximum atomic E-state index is 11.6. The van der Waals surface area contributed by atoms with Crippen LogP contribution in [0, 0.1) is 0 Å². The van der Waals surface area contributed by atoms with Gasteiger partial charge < -0.3 is 15.2 Å². The van der Waals surface area contributed by atoms with Gasteiger partial charge in [0.25, 0.3) is 0 Å². The molecule has 102 valence electrons. The monoisotopic (exact) mass is 263 g/mol. The van der Waals surface area contributed by atoms with Crippen molar-refractivity contribution in [2.75, 3.05) is 26.5 Å². The summed E-state index contributed by atoms with van der Waals surface area (Å²) in [5, 5.41) is 12.3. The third-order valence-electron chi connectivity index (χ3n) is 2.95. The van der Waals surface area contributed by atoms with Crippen LogP contribution in [0.4, 0.5) is 0 Å². The Hall–Kier alpha value is -0.260. The summed E-state index contributed by atoms with van der Waals surface area (Å²) in [5.41, 5.74) is -0.588. The molecule has 0 amide bonds. The van der Waals surface area contributed by atoms with Gasteiger partial charge in [0.05, 0.1) is 7.11 Å². The molecule has 2 atom stereocenters. The predicted molar refractivity (Wildman–Crippen MR) is 72.3 cm³/mol. The van der Waals surface area contributed by atoms with E-state index in [4.69, 9.17) is 9.84 Å². The first kappa shape index (κ1) is 16.7. The zero-order valence-electron chi connectivity index (χ0n) is 11.3. The van der Waals surface area contributed by atoms with E-state index in [1.165, 1.54) is 7.11 Å². The van der Waals surface area contributed by atoms with Crippen LogP contribution >= 0.6 is 11.8 Å². The first-order chi connectivity index (χ1) is 8.00. The Morgan fingerprint density at radius 1 is 1.59 bits per heavy atom. The predicted octanol–water partition coefficient (Wildman–Crippen LogP) is 1.42. The highest BCUT2D eigenvalue weighted by Gasteiger charge is 2.31. The Bertz CT molecular complexity index is 226. The number of methoxy groups -OCH3 is 1. The Morgan fingerprint density at radius 3 is 2.71 bits per heavy atom. The number of likely N-dealkylation sites (N-methyl/N-ethyl adjacent to an activating group) is 1. The summed E-state index contributed by atoms with van der Waals surface area (Å²) in [7, 11) is 3.19. The Balaban J connectivity index is 3.88. The van der Waals surface area contributed by atoms with Crippen LogP contribution in [-0.4, -0.2) is 48.4 Å². The number of thioether (sulfide) groups is 1. The summed E-state index contributed by atoms with van der Waals surface area (Å²) in [6.45, 7) is 4.21. The molecule has 0 rings (SSSR count). The fourth-order valence-electron chi connectivity index (χ4n) is 1.53. The van der Waals surface area contributed by atoms with Gasteiger partial charge in [-0.2, -0.15) is 11.8 Å². The Labute approximate surface area is 108 Å². The van der Waals surface area contributed by atoms with Crippen molar-refractivity contribution < 1.29 is 14.6 Å². The van der Waals surface area contributed by atoms with E-state index < -0.39 is 5.54 Å². The van der Waals surface area contributed by atoms with Crippen LogP contribution in [0.15, 0.2) is 0 Å². The van der Waals surface area contributed by atoms with Crippen molar-refractivity contribution >= 4 is 17.7 Å². The molecule has 0 aromatic heterocycles. The van der Waals surface area contributed by atoms with Gasteiger partial charge in [0.1, 0.15) is 5.54 Å². The summed E-state index contributed by atoms with van der Waals surface area (Å²) in [6, 6.07) is 0. The third kappa shape index (κ3) is 6.29. The molecular weight excluding hydrogens is 238 g/mol. The zero-order valence-corrected chi connectivity index (χ0v) is 12.1. The van der Waals surface area contributed by atoms with Gasteiger partial charge in [0.15, 0.2) is 0 Å². The van der Waals surface area contributed by atoms with E-state index >= 15 is 0 Å². The summed E-state index contributed by atoms with van der Waals surface area (Å²) in [4.78, 5) is 11.6. The number of ether oxygens (including phenoxy) is 1. The van der Waals surface area contributed by atoms with E-state index in [0.29, 0.717) is 5.25 Å². The summed E-state index contributed by atoms with van der Waals surface area (Å²) < 4.78 is 4.78. The van der Waals surface area contributed by atoms with Crippen molar-refractivity contribution in [1.29, 1.82) is 0 Å². The maximum absolute atomic E-state index is 11.6. The molecular formula is C12H25NO3S. The molecule has 0 heterocycles. The second kappa shape index (κ2) is 8.78. The fraction of sp³-hybridized carbons (Fsp3) is 0.917. The molecule has 0 aliphatic rings. The van der Waals surface area contributed by atoms with Gasteiger partial charge in [-0.1, -0.05) is 6.92 Å². The molecule has 0 aliphatic heterocycles. The van der Waals surface area contributed by atoms with Crippen LogP contribution in [0.25, 0.3) is 0 Å². The van der Waals surface area contributed by atoms with Crippen LogP contribution in [0.2, 0.25) is 0 Å². The second-order valence-electron chi connectivity index (χ2n) is 4.37. The number of hydrogen-bond donors (Lipinski definition) is 2. The first-order valence-electron chi connectivity index (χ1n) is 6.00. The van der Waals surface area contributed by atoms with E-state index in [1.54, 1.807) is 7.05 Å². The Kier molecular flexibility index (Phi) is 8.64. The molecule has 4 nitrogen and oxygen atoms in total. The smallest absolute Gasteiger partial charge is 0.325 e. The summed E-state index contributed by atoms with van der Waals surface area (Å²) in [5.74, 6) is 0.781. The molecule has 0 bridgehead atoms. The van der Waals surface area contributed by atoms with Crippen LogP contribution in [-0.2, 0) is 9.53 Å². The number of carbonyl (C=O) groups excluding carboxylic acids is 1. The van der Waals surface area contributed by atoms with Crippen molar-refractivity contribution in [2.45, 2.75) is 43.9 Å². The number of aliphatic hydroxyl groups is 1. The van der Waals surface area contributed by atoms with Crippen molar-refractivity contribution in [3.8, 4) is 0 Å². The quantitative estimate of drug-likeness (QED) is 0.487. The maximum Gasteiger partial charge on any atom is 0.325 e. The highest BCUT2D eigenvalue weighted by atomic mass is 32.2. The van der Waals surface area contributed by atoms with Crippen LogP contribution in [0.3, 0.4) is 0 Å². The first-order valence-corrected chi connectivity index (χ1v) is 7.05. The van der Waals surface area contributed by atoms with Gasteiger partial charge in [-0.15, -0.1) is 0 Å². The number of nitrogens with one attached hydrogen (secondary N) is 1. The van der Waals surface area contributed by atoms with Crippen molar-refractivity contribution in [2.24, 2.45) is 0 Å². The van der Waals surface area contributed by atoms with Crippen molar-refractivity contribution in [3.05, 3.63) is 0 Å². The number of hydrogen-bond acceptors (Lipinski definition) is 5. The van der Waals surface area contributed by atoms with Crippen molar-refractivity contribution in [3.63, 3.8) is 0 Å². The molecule has 0 spiro atoms. The topological polar surface area (TPSA) is 58.6 Å². The molecule has 17 heavy (non-hydrogen) atoms. The average molecular weight is 263 g/mol. The molecule has 0 saturated carbocycles. The molecule has 0 saturated heterocycles. The summed E-state index contributed by atoms with van der Waals surface area (Å²) >= 11 is 1.83. The lowest BCUT2D eigenvalue weighted by atomic mass is 9.97. The molecule has 0 radical (unpaired) electrons. The number of carbonyl (C=O) groups is 1. The van der Waals surface area contributed by atoms with Gasteiger partial charge >= 0.3 is 5.97 Å². The van der Waals surface area contributed by atoms with E-state index in [2.05, 4.69) is 12.2 Å². The van der Waals surface area contributed by atoms with Crippen LogP contribution < -0.4 is 5.32 Å². The standard InChI is InChI=1S/C12H25NO3S/c1-10(6-8-14)17-9-5-7-12(2,13-3)11(15)16-4/h10,13-14H,5-9H2,1-4H3. The molecule has 0 aliphatic carbocycles. The molecule has 0 aromatic carbocycles. The molecule has 0 aromatic rings. The number of rotatable bonds is 9. The van der Waals surface area contributed by atoms with Gasteiger partial charge in [0.2, 0.25) is 0 Å². The summed E-state index contributed by atoms with van der Waals surface area (Å²) in [6.07, 6.45) is 2.53. The average Bonchev–Trinajstić information content (AvgIpc) is 2.33. The third-order valence-corrected chi connectivity index (χ3v) is 4.28. The SMILES string of the molecule is CNC(C)(CCCSC(C)CCO)C(=O)OC. The van der Waals surface area contributed by atoms with Crippen molar-refractivity contribution in [1.82, 2.24) is 5.32 Å². The van der Waals surface area contributed by atoms with Crippen LogP contribution in [0.5, 0.6) is 0 Å². The lowest BCUT2D eigenvalue weighted by Gasteiger charge is -2.26. The van der Waals surface area contributed by atoms with Gasteiger partial charge in [-0.25, -0.2) is 0 Å². The van der Waals surface area contributed by atoms with E-state index in [-0.39, 0.29) is 12.6 Å². The fourth-order valence-corrected chi connectivity index (χ4v) is 2.52. The molecule has 0 fully saturated rings. The number of esters is 1. The zero-order chi connectivity index (χ0) is 13.3. The molecule has 2 unspecified atom stereocenters. The van der Waals surface area contributed by atoms with Gasteiger partial charge in [-0.05, 0) is 39.0 Å². The number of aliphatic hydroxyl groups excluding tert-OH is 1. The van der Waals surface area contributed by atoms with Gasteiger partial charge in [-0.3, -0.25) is 4.79 Å². The Morgan fingerprint density at radius 2 is 2.24 bits per heavy atom. The lowest BCUT2D eigenvalue weighted by Crippen LogP contribution is -2.48. The van der Waals surface area contributed by atoms with Gasteiger partial charge in [0, 0.05) is 11.9 Å². The normalized spacial score (nSPS) is 16.3. The molecule has 5 heteroatoms. The lowest BCUT2D eigenvalue weighted by molar-refractivity contribution is -0.148. The van der Waals surface area contributed by atoms with E-state index in [9.17, 15) is 4.79 Å². The van der Waals surface area contributed by atoms with E-state index in [1.807, 2.05) is 18.7 Å². The second-order valence-corrected chi connectivity index (χ2v) is 5.92.